The normalized spacial score (nSPS) is 10.7. The van der Waals surface area contributed by atoms with E-state index in [1.807, 2.05) is 0 Å². The fraction of sp³-hybridized carbons (Fsp3) is 0.783. The van der Waals surface area contributed by atoms with Gasteiger partial charge in [-0.1, -0.05) is 71.1 Å². The molecule has 0 atom stereocenters. The number of hydrogen-bond acceptors (Lipinski definition) is 1. The molecule has 0 fully saturated rings. The van der Waals surface area contributed by atoms with E-state index < -0.39 is 0 Å². The maximum atomic E-state index is 8.74. The molecule has 2 nitrogen and oxygen atoms in total. The van der Waals surface area contributed by atoms with Crippen LogP contribution in [0.25, 0.3) is 0 Å². The van der Waals surface area contributed by atoms with Gasteiger partial charge in [-0.25, -0.2) is 4.57 Å². The van der Waals surface area contributed by atoms with Gasteiger partial charge in [0.2, 0.25) is 0 Å². The van der Waals surface area contributed by atoms with Crippen LogP contribution in [0.15, 0.2) is 24.5 Å². The molecule has 0 amide bonds. The van der Waals surface area contributed by atoms with Crippen LogP contribution in [0.3, 0.4) is 0 Å². The number of aryl methyl sites for hydroxylation is 2. The Morgan fingerprint density at radius 3 is 1.73 bits per heavy atom. The first-order valence-electron chi connectivity index (χ1n) is 11.0. The first kappa shape index (κ1) is 25.4. The molecule has 1 aromatic heterocycles. The number of pyridine rings is 1. The van der Waals surface area contributed by atoms with Crippen molar-refractivity contribution in [1.82, 2.24) is 0 Å². The molecule has 0 saturated heterocycles. The van der Waals surface area contributed by atoms with Crippen LogP contribution in [0.5, 0.6) is 0 Å². The minimum absolute atomic E-state index is 0. The van der Waals surface area contributed by atoms with Crippen molar-refractivity contribution in [1.29, 1.82) is 0 Å². The Kier molecular flexibility index (Phi) is 18.7. The molecule has 3 heteroatoms. The third kappa shape index (κ3) is 14.6. The maximum Gasteiger partial charge on any atom is 0.169 e. The standard InChI is InChI=1S/C23H42NO.ClH/c1-2-3-4-13-16-23-17-20-24(21-18-23)19-14-11-9-7-5-6-8-10-12-15-22-25;/h17-18,20-21,25H,2-16,19,22H2,1H3;1H/q+1;/p-1. The van der Waals surface area contributed by atoms with Crippen LogP contribution < -0.4 is 17.0 Å². The zero-order valence-corrected chi connectivity index (χ0v) is 17.9. The summed E-state index contributed by atoms with van der Waals surface area (Å²) < 4.78 is 2.34. The molecule has 152 valence electrons. The number of aromatic nitrogens is 1. The number of aliphatic hydroxyl groups is 1. The number of halogens is 1. The highest BCUT2D eigenvalue weighted by atomic mass is 35.5. The molecular weight excluding hydrogens is 342 g/mol. The van der Waals surface area contributed by atoms with Crippen molar-refractivity contribution in [2.24, 2.45) is 0 Å². The molecule has 0 aliphatic carbocycles. The van der Waals surface area contributed by atoms with Gasteiger partial charge in [-0.2, -0.15) is 0 Å². The Morgan fingerprint density at radius 1 is 0.692 bits per heavy atom. The number of nitrogens with zero attached hydrogens (tertiary/aromatic N) is 1. The lowest BCUT2D eigenvalue weighted by Gasteiger charge is -2.03. The predicted octanol–water partition coefficient (Wildman–Crippen LogP) is 2.99. The lowest BCUT2D eigenvalue weighted by atomic mass is 10.1. The van der Waals surface area contributed by atoms with E-state index >= 15 is 0 Å². The minimum atomic E-state index is 0. The van der Waals surface area contributed by atoms with Crippen LogP contribution in [-0.4, -0.2) is 11.7 Å². The van der Waals surface area contributed by atoms with E-state index in [0.717, 1.165) is 13.0 Å². The largest absolute Gasteiger partial charge is 1.00 e. The molecular formula is C23H42ClNO. The topological polar surface area (TPSA) is 24.1 Å². The van der Waals surface area contributed by atoms with E-state index in [4.69, 9.17) is 5.11 Å². The number of aliphatic hydroxyl groups excluding tert-OH is 1. The highest BCUT2D eigenvalue weighted by Crippen LogP contribution is 2.10. The number of hydrogen-bond donors (Lipinski definition) is 1. The third-order valence-electron chi connectivity index (χ3n) is 5.10. The molecule has 0 unspecified atom stereocenters. The SMILES string of the molecule is CCCCCCc1cc[n+](CCCCCCCCCCCCO)cc1.[Cl-]. The molecule has 0 spiro atoms. The Labute approximate surface area is 168 Å². The quantitative estimate of drug-likeness (QED) is 0.324. The second-order valence-electron chi connectivity index (χ2n) is 7.51. The summed E-state index contributed by atoms with van der Waals surface area (Å²) in [6, 6.07) is 4.62. The second kappa shape index (κ2) is 19.2. The summed E-state index contributed by atoms with van der Waals surface area (Å²) >= 11 is 0. The van der Waals surface area contributed by atoms with E-state index in [1.54, 1.807) is 0 Å². The van der Waals surface area contributed by atoms with Gasteiger partial charge in [-0.3, -0.25) is 0 Å². The Morgan fingerprint density at radius 2 is 1.19 bits per heavy atom. The fourth-order valence-electron chi connectivity index (χ4n) is 3.38. The van der Waals surface area contributed by atoms with Crippen molar-refractivity contribution in [3.63, 3.8) is 0 Å². The second-order valence-corrected chi connectivity index (χ2v) is 7.51. The molecule has 1 rings (SSSR count). The van der Waals surface area contributed by atoms with Crippen molar-refractivity contribution in [2.45, 2.75) is 110 Å². The summed E-state index contributed by atoms with van der Waals surface area (Å²) in [6.45, 7) is 3.80. The van der Waals surface area contributed by atoms with Crippen LogP contribution in [0.2, 0.25) is 0 Å². The fourth-order valence-corrected chi connectivity index (χ4v) is 3.38. The predicted molar refractivity (Wildman–Crippen MR) is 108 cm³/mol. The Balaban J connectivity index is 0.00000625. The summed E-state index contributed by atoms with van der Waals surface area (Å²) in [5, 5.41) is 8.74. The summed E-state index contributed by atoms with van der Waals surface area (Å²) in [6.07, 6.45) is 24.2. The molecule has 0 saturated carbocycles. The Bertz CT molecular complexity index is 394. The highest BCUT2D eigenvalue weighted by Gasteiger charge is 2.01. The first-order valence-corrected chi connectivity index (χ1v) is 11.0. The van der Waals surface area contributed by atoms with Gasteiger partial charge in [0, 0.05) is 25.2 Å². The van der Waals surface area contributed by atoms with Crippen molar-refractivity contribution < 1.29 is 22.1 Å². The lowest BCUT2D eigenvalue weighted by Crippen LogP contribution is -3.00. The maximum absolute atomic E-state index is 8.74. The first-order chi connectivity index (χ1) is 12.4. The minimum Gasteiger partial charge on any atom is -1.00 e. The van der Waals surface area contributed by atoms with Crippen LogP contribution in [0, 0.1) is 0 Å². The van der Waals surface area contributed by atoms with Crippen LogP contribution >= 0.6 is 0 Å². The van der Waals surface area contributed by atoms with E-state index in [-0.39, 0.29) is 12.4 Å². The van der Waals surface area contributed by atoms with Gasteiger partial charge in [-0.05, 0) is 31.2 Å². The molecule has 0 aliphatic rings. The smallest absolute Gasteiger partial charge is 0.169 e. The van der Waals surface area contributed by atoms with E-state index in [1.165, 1.54) is 95.5 Å². The number of rotatable bonds is 17. The summed E-state index contributed by atoms with van der Waals surface area (Å²) in [5.41, 5.74) is 1.49. The van der Waals surface area contributed by atoms with Gasteiger partial charge in [0.25, 0.3) is 0 Å². The van der Waals surface area contributed by atoms with Gasteiger partial charge >= 0.3 is 0 Å². The summed E-state index contributed by atoms with van der Waals surface area (Å²) in [5.74, 6) is 0. The van der Waals surface area contributed by atoms with Crippen LogP contribution in [0.4, 0.5) is 0 Å². The average molecular weight is 384 g/mol. The molecule has 1 heterocycles. The molecule has 0 bridgehead atoms. The van der Waals surface area contributed by atoms with Crippen LogP contribution in [-0.2, 0) is 13.0 Å². The highest BCUT2D eigenvalue weighted by molar-refractivity contribution is 5.07. The van der Waals surface area contributed by atoms with Gasteiger partial charge in [0.15, 0.2) is 12.4 Å². The van der Waals surface area contributed by atoms with E-state index in [9.17, 15) is 0 Å². The van der Waals surface area contributed by atoms with Crippen molar-refractivity contribution in [3.05, 3.63) is 30.1 Å². The zero-order valence-electron chi connectivity index (χ0n) is 17.1. The van der Waals surface area contributed by atoms with E-state index in [2.05, 4.69) is 36.0 Å². The van der Waals surface area contributed by atoms with Gasteiger partial charge < -0.3 is 17.5 Å². The molecule has 0 aromatic carbocycles. The lowest BCUT2D eigenvalue weighted by molar-refractivity contribution is -0.697. The molecule has 0 aliphatic heterocycles. The third-order valence-corrected chi connectivity index (χ3v) is 5.10. The molecule has 26 heavy (non-hydrogen) atoms. The Hall–Kier alpha value is -0.600. The average Bonchev–Trinajstić information content (AvgIpc) is 2.64. The van der Waals surface area contributed by atoms with E-state index in [0.29, 0.717) is 6.61 Å². The van der Waals surface area contributed by atoms with Crippen molar-refractivity contribution in [2.75, 3.05) is 6.61 Å². The van der Waals surface area contributed by atoms with Gasteiger partial charge in [0.05, 0.1) is 0 Å². The summed E-state index contributed by atoms with van der Waals surface area (Å²) in [4.78, 5) is 0. The number of unbranched alkanes of at least 4 members (excludes halogenated alkanes) is 12. The zero-order chi connectivity index (χ0) is 18.0. The molecule has 1 aromatic rings. The van der Waals surface area contributed by atoms with Gasteiger partial charge in [-0.15, -0.1) is 0 Å². The van der Waals surface area contributed by atoms with Crippen LogP contribution in [0.1, 0.15) is 102 Å². The summed E-state index contributed by atoms with van der Waals surface area (Å²) in [7, 11) is 0. The molecule has 1 N–H and O–H groups in total. The van der Waals surface area contributed by atoms with Gasteiger partial charge in [0.1, 0.15) is 6.54 Å². The van der Waals surface area contributed by atoms with Crippen molar-refractivity contribution in [3.8, 4) is 0 Å². The van der Waals surface area contributed by atoms with Crippen molar-refractivity contribution >= 4 is 0 Å². The monoisotopic (exact) mass is 383 g/mol. The molecule has 0 radical (unpaired) electrons.